The summed E-state index contributed by atoms with van der Waals surface area (Å²) in [7, 11) is -3.66. The molecule has 2 aromatic carbocycles. The van der Waals surface area contributed by atoms with Gasteiger partial charge in [-0.05, 0) is 48.7 Å². The number of sulfonamides is 1. The number of rotatable bonds is 5. The first-order valence-electron chi connectivity index (χ1n) is 10.4. The van der Waals surface area contributed by atoms with Crippen LogP contribution in [-0.4, -0.2) is 45.1 Å². The van der Waals surface area contributed by atoms with Gasteiger partial charge in [0.05, 0.1) is 23.6 Å². The first kappa shape index (κ1) is 21.7. The highest BCUT2D eigenvalue weighted by molar-refractivity contribution is 7.89. The van der Waals surface area contributed by atoms with Gasteiger partial charge in [0.2, 0.25) is 10.0 Å². The number of anilines is 1. The average molecular weight is 448 g/mol. The number of benzene rings is 2. The van der Waals surface area contributed by atoms with Crippen molar-refractivity contribution in [3.05, 3.63) is 59.9 Å². The molecule has 9 heteroatoms. The summed E-state index contributed by atoms with van der Waals surface area (Å²) >= 11 is 0. The van der Waals surface area contributed by atoms with Crippen LogP contribution in [0.2, 0.25) is 0 Å². The Morgan fingerprint density at radius 2 is 1.71 bits per heavy atom. The van der Waals surface area contributed by atoms with Crippen molar-refractivity contribution in [3.8, 4) is 0 Å². The molecule has 2 N–H and O–H groups in total. The van der Waals surface area contributed by atoms with E-state index in [2.05, 4.69) is 10.6 Å². The number of halogens is 1. The van der Waals surface area contributed by atoms with E-state index >= 15 is 0 Å². The van der Waals surface area contributed by atoms with Crippen molar-refractivity contribution >= 4 is 21.7 Å². The van der Waals surface area contributed by atoms with Crippen LogP contribution in [0.5, 0.6) is 0 Å². The first-order valence-corrected chi connectivity index (χ1v) is 11.9. The van der Waals surface area contributed by atoms with Crippen LogP contribution >= 0.6 is 0 Å². The molecule has 31 heavy (non-hydrogen) atoms. The summed E-state index contributed by atoms with van der Waals surface area (Å²) in [5, 5.41) is 5.81. The molecule has 2 amide bonds. The zero-order valence-electron chi connectivity index (χ0n) is 17.1. The minimum Gasteiger partial charge on any atom is -0.379 e. The van der Waals surface area contributed by atoms with Gasteiger partial charge in [-0.15, -0.1) is 0 Å². The number of nitrogens with zero attached hydrogens (tertiary/aromatic N) is 1. The maximum Gasteiger partial charge on any atom is 0.319 e. The highest BCUT2D eigenvalue weighted by Gasteiger charge is 2.37. The van der Waals surface area contributed by atoms with Crippen LogP contribution in [0.15, 0.2) is 53.4 Å². The standard InChI is InChI=1S/C22H26FN3O4S/c23-18-8-6-17(7-9-18)22(10-1-2-11-22)25-21(27)24-19-4-3-5-20(16-19)31(28,29)26-12-14-30-15-13-26/h3-9,16H,1-2,10-15H2,(H2,24,25,27). The molecule has 1 heterocycles. The monoisotopic (exact) mass is 447 g/mol. The number of carbonyl (C=O) groups is 1. The molecular weight excluding hydrogens is 421 g/mol. The second kappa shape index (κ2) is 8.94. The normalized spacial score (nSPS) is 19.1. The molecule has 1 saturated heterocycles. The summed E-state index contributed by atoms with van der Waals surface area (Å²) in [5.41, 5.74) is 0.694. The van der Waals surface area contributed by atoms with Gasteiger partial charge in [0.1, 0.15) is 5.82 Å². The second-order valence-electron chi connectivity index (χ2n) is 7.92. The zero-order chi connectivity index (χ0) is 21.9. The lowest BCUT2D eigenvalue weighted by molar-refractivity contribution is 0.0730. The van der Waals surface area contributed by atoms with Crippen LogP contribution in [-0.2, 0) is 20.3 Å². The topological polar surface area (TPSA) is 87.7 Å². The smallest absolute Gasteiger partial charge is 0.319 e. The Balaban J connectivity index is 1.49. The maximum absolute atomic E-state index is 13.4. The molecule has 7 nitrogen and oxygen atoms in total. The van der Waals surface area contributed by atoms with E-state index < -0.39 is 21.6 Å². The van der Waals surface area contributed by atoms with Gasteiger partial charge >= 0.3 is 6.03 Å². The minimum atomic E-state index is -3.66. The Kier molecular flexibility index (Phi) is 6.27. The van der Waals surface area contributed by atoms with Crippen LogP contribution in [0.1, 0.15) is 31.2 Å². The summed E-state index contributed by atoms with van der Waals surface area (Å²) in [6.07, 6.45) is 3.45. The molecular formula is C22H26FN3O4S. The quantitative estimate of drug-likeness (QED) is 0.735. The van der Waals surface area contributed by atoms with Gasteiger partial charge in [0.15, 0.2) is 0 Å². The van der Waals surface area contributed by atoms with E-state index in [1.165, 1.54) is 28.6 Å². The number of hydrogen-bond acceptors (Lipinski definition) is 4. The van der Waals surface area contributed by atoms with E-state index in [0.29, 0.717) is 32.0 Å². The largest absolute Gasteiger partial charge is 0.379 e. The molecule has 1 aliphatic carbocycles. The molecule has 2 fully saturated rings. The summed E-state index contributed by atoms with van der Waals surface area (Å²) in [6.45, 7) is 1.34. The van der Waals surface area contributed by atoms with E-state index in [-0.39, 0.29) is 10.7 Å². The number of morpholine rings is 1. The fourth-order valence-corrected chi connectivity index (χ4v) is 5.74. The van der Waals surface area contributed by atoms with Gasteiger partial charge in [0.25, 0.3) is 0 Å². The van der Waals surface area contributed by atoms with Crippen molar-refractivity contribution in [3.63, 3.8) is 0 Å². The van der Waals surface area contributed by atoms with Crippen LogP contribution < -0.4 is 10.6 Å². The third kappa shape index (κ3) is 4.73. The predicted molar refractivity (Wildman–Crippen MR) is 115 cm³/mol. The third-order valence-corrected chi connectivity index (χ3v) is 7.80. The summed E-state index contributed by atoms with van der Waals surface area (Å²) in [4.78, 5) is 12.9. The number of nitrogens with one attached hydrogen (secondary N) is 2. The molecule has 0 radical (unpaired) electrons. The molecule has 166 valence electrons. The number of carbonyl (C=O) groups excluding carboxylic acids is 1. The highest BCUT2D eigenvalue weighted by atomic mass is 32.2. The molecule has 0 atom stereocenters. The Labute approximate surface area is 181 Å². The number of urea groups is 1. The summed E-state index contributed by atoms with van der Waals surface area (Å²) in [6, 6.07) is 12.0. The van der Waals surface area contributed by atoms with Gasteiger partial charge < -0.3 is 15.4 Å². The van der Waals surface area contributed by atoms with Crippen molar-refractivity contribution in [1.82, 2.24) is 9.62 Å². The Morgan fingerprint density at radius 1 is 1.03 bits per heavy atom. The average Bonchev–Trinajstić information content (AvgIpc) is 3.24. The molecule has 0 bridgehead atoms. The molecule has 2 aliphatic rings. The van der Waals surface area contributed by atoms with Gasteiger partial charge in [-0.1, -0.05) is 31.0 Å². The van der Waals surface area contributed by atoms with Crippen LogP contribution in [0.3, 0.4) is 0 Å². The van der Waals surface area contributed by atoms with Crippen molar-refractivity contribution in [2.75, 3.05) is 31.6 Å². The van der Waals surface area contributed by atoms with Crippen molar-refractivity contribution in [1.29, 1.82) is 0 Å². The molecule has 0 spiro atoms. The lowest BCUT2D eigenvalue weighted by Gasteiger charge is -2.31. The van der Waals surface area contributed by atoms with Gasteiger partial charge in [-0.25, -0.2) is 17.6 Å². The summed E-state index contributed by atoms with van der Waals surface area (Å²) in [5.74, 6) is -0.320. The number of hydrogen-bond donors (Lipinski definition) is 2. The number of ether oxygens (including phenoxy) is 1. The van der Waals surface area contributed by atoms with E-state index in [9.17, 15) is 17.6 Å². The van der Waals surface area contributed by atoms with Gasteiger partial charge in [0, 0.05) is 18.8 Å². The summed E-state index contributed by atoms with van der Waals surface area (Å²) < 4.78 is 45.7. The van der Waals surface area contributed by atoms with Crippen molar-refractivity contribution < 1.29 is 22.3 Å². The molecule has 2 aromatic rings. The minimum absolute atomic E-state index is 0.126. The Hall–Kier alpha value is -2.49. The maximum atomic E-state index is 13.4. The zero-order valence-corrected chi connectivity index (χ0v) is 18.0. The number of amides is 2. The molecule has 4 rings (SSSR count). The molecule has 1 aliphatic heterocycles. The Bertz CT molecular complexity index is 1030. The van der Waals surface area contributed by atoms with Crippen LogP contribution in [0.25, 0.3) is 0 Å². The van der Waals surface area contributed by atoms with Gasteiger partial charge in [-0.2, -0.15) is 4.31 Å². The highest BCUT2D eigenvalue weighted by Crippen LogP contribution is 2.39. The van der Waals surface area contributed by atoms with E-state index in [4.69, 9.17) is 4.74 Å². The third-order valence-electron chi connectivity index (χ3n) is 5.91. The van der Waals surface area contributed by atoms with E-state index in [1.807, 2.05) is 0 Å². The first-order chi connectivity index (χ1) is 14.9. The van der Waals surface area contributed by atoms with E-state index in [1.54, 1.807) is 24.3 Å². The van der Waals surface area contributed by atoms with Crippen LogP contribution in [0.4, 0.5) is 14.9 Å². The van der Waals surface area contributed by atoms with Gasteiger partial charge in [-0.3, -0.25) is 0 Å². The fraction of sp³-hybridized carbons (Fsp3) is 0.409. The fourth-order valence-electron chi connectivity index (χ4n) is 4.28. The van der Waals surface area contributed by atoms with Crippen LogP contribution in [0, 0.1) is 5.82 Å². The van der Waals surface area contributed by atoms with Crippen molar-refractivity contribution in [2.24, 2.45) is 0 Å². The lowest BCUT2D eigenvalue weighted by Crippen LogP contribution is -2.45. The predicted octanol–water partition coefficient (Wildman–Crippen LogP) is 3.44. The molecule has 0 unspecified atom stereocenters. The van der Waals surface area contributed by atoms with E-state index in [0.717, 1.165) is 31.2 Å². The molecule has 1 saturated carbocycles. The SMILES string of the molecule is O=C(Nc1cccc(S(=O)(=O)N2CCOCC2)c1)NC1(c2ccc(F)cc2)CCCC1. The van der Waals surface area contributed by atoms with Crippen molar-refractivity contribution in [2.45, 2.75) is 36.1 Å². The second-order valence-corrected chi connectivity index (χ2v) is 9.86. The Morgan fingerprint density at radius 3 is 2.39 bits per heavy atom. The lowest BCUT2D eigenvalue weighted by atomic mass is 9.88. The molecule has 0 aromatic heterocycles.